The van der Waals surface area contributed by atoms with E-state index in [4.69, 9.17) is 4.98 Å². The van der Waals surface area contributed by atoms with Crippen LogP contribution in [-0.4, -0.2) is 33.6 Å². The number of nitrogens with one attached hydrogen (secondary N) is 1. The number of aromatic nitrogens is 2. The van der Waals surface area contributed by atoms with Gasteiger partial charge in [-0.15, -0.1) is 0 Å². The fourth-order valence-corrected chi connectivity index (χ4v) is 3.88. The molecule has 1 atom stereocenters. The second-order valence-electron chi connectivity index (χ2n) is 6.45. The highest BCUT2D eigenvalue weighted by atomic mass is 32.2. The molecule has 1 aliphatic rings. The average molecular weight is 289 g/mol. The zero-order chi connectivity index (χ0) is 14.2. The SMILES string of the molecule is CC(C)(C)n1c(CC2CSCCN2)nc2ccccc21. The van der Waals surface area contributed by atoms with Crippen LogP contribution in [0.5, 0.6) is 0 Å². The van der Waals surface area contributed by atoms with Crippen molar-refractivity contribution in [3.05, 3.63) is 30.1 Å². The van der Waals surface area contributed by atoms with Gasteiger partial charge in [0.2, 0.25) is 0 Å². The van der Waals surface area contributed by atoms with Crippen LogP contribution < -0.4 is 5.32 Å². The maximum atomic E-state index is 4.89. The van der Waals surface area contributed by atoms with Gasteiger partial charge in [0.1, 0.15) is 5.82 Å². The molecule has 20 heavy (non-hydrogen) atoms. The summed E-state index contributed by atoms with van der Waals surface area (Å²) in [6.07, 6.45) is 1.01. The lowest BCUT2D eigenvalue weighted by atomic mass is 10.1. The number of fused-ring (bicyclic) bond motifs is 1. The van der Waals surface area contributed by atoms with Crippen molar-refractivity contribution in [1.29, 1.82) is 0 Å². The Labute approximate surface area is 125 Å². The fraction of sp³-hybridized carbons (Fsp3) is 0.562. The topological polar surface area (TPSA) is 29.9 Å². The van der Waals surface area contributed by atoms with E-state index in [0.29, 0.717) is 6.04 Å². The number of thioether (sulfide) groups is 1. The second kappa shape index (κ2) is 5.41. The van der Waals surface area contributed by atoms with Gasteiger partial charge in [0.15, 0.2) is 0 Å². The van der Waals surface area contributed by atoms with Crippen molar-refractivity contribution in [2.75, 3.05) is 18.1 Å². The Hall–Kier alpha value is -1.00. The molecule has 0 spiro atoms. The van der Waals surface area contributed by atoms with Crippen molar-refractivity contribution in [2.45, 2.75) is 38.8 Å². The van der Waals surface area contributed by atoms with Gasteiger partial charge in [-0.1, -0.05) is 12.1 Å². The molecule has 1 N–H and O–H groups in total. The number of para-hydroxylation sites is 2. The van der Waals surface area contributed by atoms with E-state index in [-0.39, 0.29) is 5.54 Å². The number of hydrogen-bond donors (Lipinski definition) is 1. The van der Waals surface area contributed by atoms with Gasteiger partial charge >= 0.3 is 0 Å². The largest absolute Gasteiger partial charge is 0.323 e. The van der Waals surface area contributed by atoms with Gasteiger partial charge in [-0.3, -0.25) is 0 Å². The smallest absolute Gasteiger partial charge is 0.111 e. The summed E-state index contributed by atoms with van der Waals surface area (Å²) in [5.41, 5.74) is 2.42. The predicted octanol–water partition coefficient (Wildman–Crippen LogP) is 3.04. The Kier molecular flexibility index (Phi) is 3.78. The third kappa shape index (κ3) is 2.72. The fourth-order valence-electron chi connectivity index (χ4n) is 2.93. The van der Waals surface area contributed by atoms with Crippen LogP contribution in [0.4, 0.5) is 0 Å². The Balaban J connectivity index is 2.00. The maximum Gasteiger partial charge on any atom is 0.111 e. The predicted molar refractivity (Wildman–Crippen MR) is 87.5 cm³/mol. The van der Waals surface area contributed by atoms with E-state index >= 15 is 0 Å². The van der Waals surface area contributed by atoms with E-state index in [1.54, 1.807) is 0 Å². The Morgan fingerprint density at radius 1 is 1.35 bits per heavy atom. The summed E-state index contributed by atoms with van der Waals surface area (Å²) in [4.78, 5) is 4.89. The number of hydrogen-bond acceptors (Lipinski definition) is 3. The molecule has 2 heterocycles. The van der Waals surface area contributed by atoms with Crippen molar-refractivity contribution in [3.8, 4) is 0 Å². The van der Waals surface area contributed by atoms with Gasteiger partial charge < -0.3 is 9.88 Å². The first-order valence-corrected chi connectivity index (χ1v) is 8.49. The molecule has 3 rings (SSSR count). The molecule has 1 saturated heterocycles. The Morgan fingerprint density at radius 3 is 2.85 bits per heavy atom. The normalized spacial score (nSPS) is 20.4. The number of rotatable bonds is 2. The van der Waals surface area contributed by atoms with Crippen LogP contribution in [0.2, 0.25) is 0 Å². The quantitative estimate of drug-likeness (QED) is 0.921. The highest BCUT2D eigenvalue weighted by Crippen LogP contribution is 2.26. The molecule has 1 aliphatic heterocycles. The minimum absolute atomic E-state index is 0.0627. The summed E-state index contributed by atoms with van der Waals surface area (Å²) in [7, 11) is 0. The molecule has 1 aromatic heterocycles. The van der Waals surface area contributed by atoms with E-state index in [0.717, 1.165) is 18.5 Å². The average Bonchev–Trinajstić information content (AvgIpc) is 2.77. The molecule has 0 aliphatic carbocycles. The van der Waals surface area contributed by atoms with E-state index in [1.807, 2.05) is 11.8 Å². The van der Waals surface area contributed by atoms with E-state index in [2.05, 4.69) is 54.9 Å². The second-order valence-corrected chi connectivity index (χ2v) is 7.60. The molecule has 3 nitrogen and oxygen atoms in total. The first-order valence-electron chi connectivity index (χ1n) is 7.34. The molecular formula is C16H23N3S. The van der Waals surface area contributed by atoms with E-state index in [1.165, 1.54) is 22.8 Å². The lowest BCUT2D eigenvalue weighted by Gasteiger charge is -2.28. The molecule has 0 amide bonds. The first-order chi connectivity index (χ1) is 9.55. The van der Waals surface area contributed by atoms with Crippen LogP contribution in [-0.2, 0) is 12.0 Å². The monoisotopic (exact) mass is 289 g/mol. The van der Waals surface area contributed by atoms with Crippen LogP contribution >= 0.6 is 11.8 Å². The van der Waals surface area contributed by atoms with Gasteiger partial charge in [-0.25, -0.2) is 4.98 Å². The zero-order valence-electron chi connectivity index (χ0n) is 12.5. The summed E-state index contributed by atoms with van der Waals surface area (Å²) in [5.74, 6) is 3.62. The summed E-state index contributed by atoms with van der Waals surface area (Å²) in [5, 5.41) is 3.62. The molecule has 4 heteroatoms. The lowest BCUT2D eigenvalue weighted by Crippen LogP contribution is -2.40. The standard InChI is InChI=1S/C16H23N3S/c1-16(2,3)19-14-7-5-4-6-13(14)18-15(19)10-12-11-20-9-8-17-12/h4-7,12,17H,8-11H2,1-3H3. The Bertz CT molecular complexity index is 591. The van der Waals surface area contributed by atoms with E-state index in [9.17, 15) is 0 Å². The van der Waals surface area contributed by atoms with Crippen molar-refractivity contribution >= 4 is 22.8 Å². The molecule has 1 fully saturated rings. The van der Waals surface area contributed by atoms with Crippen LogP contribution in [0.15, 0.2) is 24.3 Å². The minimum atomic E-state index is 0.0627. The number of benzene rings is 1. The highest BCUT2D eigenvalue weighted by molar-refractivity contribution is 7.99. The van der Waals surface area contributed by atoms with Crippen molar-refractivity contribution < 1.29 is 0 Å². The molecule has 0 bridgehead atoms. The van der Waals surface area contributed by atoms with Gasteiger partial charge in [-0.05, 0) is 32.9 Å². The van der Waals surface area contributed by atoms with Crippen molar-refractivity contribution in [1.82, 2.24) is 14.9 Å². The molecule has 108 valence electrons. The summed E-state index contributed by atoms with van der Waals surface area (Å²) >= 11 is 2.04. The minimum Gasteiger partial charge on any atom is -0.323 e. The van der Waals surface area contributed by atoms with Crippen LogP contribution in [0.3, 0.4) is 0 Å². The summed E-state index contributed by atoms with van der Waals surface area (Å²) in [6, 6.07) is 9.02. The lowest BCUT2D eigenvalue weighted by molar-refractivity contribution is 0.386. The molecule has 0 radical (unpaired) electrons. The zero-order valence-corrected chi connectivity index (χ0v) is 13.3. The van der Waals surface area contributed by atoms with Crippen LogP contribution in [0, 0.1) is 0 Å². The molecule has 1 unspecified atom stereocenters. The molecule has 0 saturated carbocycles. The molecule has 2 aromatic rings. The summed E-state index contributed by atoms with van der Waals surface area (Å²) in [6.45, 7) is 7.89. The van der Waals surface area contributed by atoms with Crippen molar-refractivity contribution in [3.63, 3.8) is 0 Å². The summed E-state index contributed by atoms with van der Waals surface area (Å²) < 4.78 is 2.41. The highest BCUT2D eigenvalue weighted by Gasteiger charge is 2.24. The van der Waals surface area contributed by atoms with Gasteiger partial charge in [-0.2, -0.15) is 11.8 Å². The Morgan fingerprint density at radius 2 is 2.15 bits per heavy atom. The third-order valence-electron chi connectivity index (χ3n) is 3.73. The van der Waals surface area contributed by atoms with Gasteiger partial charge in [0.25, 0.3) is 0 Å². The van der Waals surface area contributed by atoms with Crippen molar-refractivity contribution in [2.24, 2.45) is 0 Å². The maximum absolute atomic E-state index is 4.89. The van der Waals surface area contributed by atoms with Crippen LogP contribution in [0.1, 0.15) is 26.6 Å². The molecule has 1 aromatic carbocycles. The van der Waals surface area contributed by atoms with Gasteiger partial charge in [0.05, 0.1) is 11.0 Å². The van der Waals surface area contributed by atoms with Crippen LogP contribution in [0.25, 0.3) is 11.0 Å². The molecular weight excluding hydrogens is 266 g/mol. The third-order valence-corrected chi connectivity index (χ3v) is 4.86. The van der Waals surface area contributed by atoms with Gasteiger partial charge in [0, 0.05) is 36.1 Å². The van der Waals surface area contributed by atoms with E-state index < -0.39 is 0 Å². The number of imidazole rings is 1. The number of nitrogens with zero attached hydrogens (tertiary/aromatic N) is 2. The first kappa shape index (κ1) is 14.0.